The quantitative estimate of drug-likeness (QED) is 0.396. The van der Waals surface area contributed by atoms with Crippen LogP contribution in [0.25, 0.3) is 0 Å². The molecule has 0 aliphatic heterocycles. The molecule has 0 N–H and O–H groups in total. The lowest BCUT2D eigenvalue weighted by Crippen LogP contribution is -2.37. The zero-order chi connectivity index (χ0) is 16.7. The maximum atomic E-state index is 6.15. The molecular weight excluding hydrogens is 333 g/mol. The van der Waals surface area contributed by atoms with Crippen molar-refractivity contribution < 1.29 is 9.47 Å². The van der Waals surface area contributed by atoms with Gasteiger partial charge in [0.15, 0.2) is 5.79 Å². The lowest BCUT2D eigenvalue weighted by Gasteiger charge is -2.34. The summed E-state index contributed by atoms with van der Waals surface area (Å²) in [6.07, 6.45) is 6.01. The van der Waals surface area contributed by atoms with Crippen molar-refractivity contribution in [3.05, 3.63) is 59.3 Å². The second kappa shape index (κ2) is 8.65. The molecule has 5 heteroatoms. The minimum Gasteiger partial charge on any atom is -0.346 e. The van der Waals surface area contributed by atoms with E-state index in [-0.39, 0.29) is 0 Å². The van der Waals surface area contributed by atoms with Gasteiger partial charge < -0.3 is 9.47 Å². The topological polar surface area (TPSA) is 30.8 Å². The van der Waals surface area contributed by atoms with E-state index in [4.69, 9.17) is 32.7 Å². The SMILES string of the molecule is CCOC1(OCC)C=CC(N=Cc2ccccc2)=C(C(Cl)Cl)C1. The molecule has 0 saturated heterocycles. The molecule has 2 rings (SSSR count). The van der Waals surface area contributed by atoms with Gasteiger partial charge in [-0.2, -0.15) is 0 Å². The smallest absolute Gasteiger partial charge is 0.192 e. The maximum absolute atomic E-state index is 6.15. The number of hydrogen-bond donors (Lipinski definition) is 0. The molecule has 0 aromatic heterocycles. The summed E-state index contributed by atoms with van der Waals surface area (Å²) in [6.45, 7) is 4.94. The molecule has 0 saturated carbocycles. The summed E-state index contributed by atoms with van der Waals surface area (Å²) >= 11 is 12.3. The molecule has 1 aromatic rings. The van der Waals surface area contributed by atoms with Crippen molar-refractivity contribution in [2.75, 3.05) is 13.2 Å². The van der Waals surface area contributed by atoms with Crippen molar-refractivity contribution in [1.82, 2.24) is 0 Å². The van der Waals surface area contributed by atoms with Gasteiger partial charge in [-0.1, -0.05) is 30.3 Å². The van der Waals surface area contributed by atoms with Crippen molar-refractivity contribution in [2.45, 2.75) is 30.9 Å². The van der Waals surface area contributed by atoms with Gasteiger partial charge in [0.25, 0.3) is 0 Å². The van der Waals surface area contributed by atoms with Gasteiger partial charge >= 0.3 is 0 Å². The summed E-state index contributed by atoms with van der Waals surface area (Å²) in [4.78, 5) is 3.87. The fourth-order valence-electron chi connectivity index (χ4n) is 2.45. The summed E-state index contributed by atoms with van der Waals surface area (Å²) in [5, 5.41) is 0. The van der Waals surface area contributed by atoms with Crippen LogP contribution in [0.15, 0.2) is 58.7 Å². The summed E-state index contributed by atoms with van der Waals surface area (Å²) in [5.41, 5.74) is 2.56. The van der Waals surface area contributed by atoms with Crippen LogP contribution < -0.4 is 0 Å². The van der Waals surface area contributed by atoms with Crippen LogP contribution in [0.1, 0.15) is 25.8 Å². The van der Waals surface area contributed by atoms with Crippen LogP contribution in [0.3, 0.4) is 0 Å². The van der Waals surface area contributed by atoms with E-state index in [0.29, 0.717) is 19.6 Å². The predicted octanol–water partition coefficient (Wildman–Crippen LogP) is 4.89. The van der Waals surface area contributed by atoms with E-state index in [9.17, 15) is 0 Å². The molecule has 1 aliphatic rings. The Kier molecular flexibility index (Phi) is 6.85. The summed E-state index contributed by atoms with van der Waals surface area (Å²) in [7, 11) is 0. The number of rotatable bonds is 7. The third kappa shape index (κ3) is 4.92. The normalized spacial score (nSPS) is 17.4. The van der Waals surface area contributed by atoms with Crippen LogP contribution in [-0.4, -0.2) is 30.1 Å². The summed E-state index contributed by atoms with van der Waals surface area (Å²) < 4.78 is 11.6. The zero-order valence-corrected chi connectivity index (χ0v) is 14.8. The lowest BCUT2D eigenvalue weighted by atomic mass is 9.97. The lowest BCUT2D eigenvalue weighted by molar-refractivity contribution is -0.198. The van der Waals surface area contributed by atoms with Crippen LogP contribution in [0.2, 0.25) is 0 Å². The monoisotopic (exact) mass is 353 g/mol. The molecule has 0 unspecified atom stereocenters. The van der Waals surface area contributed by atoms with Crippen molar-refractivity contribution in [1.29, 1.82) is 0 Å². The first kappa shape index (κ1) is 18.2. The molecule has 124 valence electrons. The van der Waals surface area contributed by atoms with Gasteiger partial charge in [0, 0.05) is 25.8 Å². The third-order valence-corrected chi connectivity index (χ3v) is 3.98. The highest BCUT2D eigenvalue weighted by atomic mass is 35.5. The molecule has 23 heavy (non-hydrogen) atoms. The van der Waals surface area contributed by atoms with Crippen LogP contribution in [0.4, 0.5) is 0 Å². The molecule has 1 aromatic carbocycles. The van der Waals surface area contributed by atoms with Crippen LogP contribution in [0, 0.1) is 0 Å². The molecule has 1 aliphatic carbocycles. The number of allylic oxidation sites excluding steroid dienone is 1. The Balaban J connectivity index is 2.27. The Hall–Kier alpha value is -1.13. The zero-order valence-electron chi connectivity index (χ0n) is 13.3. The van der Waals surface area contributed by atoms with Crippen LogP contribution in [0.5, 0.6) is 0 Å². The molecule has 3 nitrogen and oxygen atoms in total. The number of ether oxygens (including phenoxy) is 2. The van der Waals surface area contributed by atoms with Gasteiger partial charge in [0.2, 0.25) is 0 Å². The first-order valence-electron chi connectivity index (χ1n) is 7.67. The average Bonchev–Trinajstić information content (AvgIpc) is 2.55. The molecular formula is C18H21Cl2NO2. The van der Waals surface area contributed by atoms with Gasteiger partial charge in [-0.3, -0.25) is 4.99 Å². The summed E-state index contributed by atoms with van der Waals surface area (Å²) in [5.74, 6) is -0.813. The first-order valence-corrected chi connectivity index (χ1v) is 8.55. The van der Waals surface area contributed by atoms with Crippen molar-refractivity contribution in [3.8, 4) is 0 Å². The fraction of sp³-hybridized carbons (Fsp3) is 0.389. The second-order valence-corrected chi connectivity index (χ2v) is 6.16. The number of hydrogen-bond acceptors (Lipinski definition) is 3. The highest BCUT2D eigenvalue weighted by Gasteiger charge is 2.35. The first-order chi connectivity index (χ1) is 11.1. The van der Waals surface area contributed by atoms with E-state index >= 15 is 0 Å². The average molecular weight is 354 g/mol. The number of alkyl halides is 2. The number of halogens is 2. The van der Waals surface area contributed by atoms with Crippen molar-refractivity contribution in [3.63, 3.8) is 0 Å². The van der Waals surface area contributed by atoms with Gasteiger partial charge in [-0.15, -0.1) is 23.2 Å². The summed E-state index contributed by atoms with van der Waals surface area (Å²) in [6, 6.07) is 9.87. The van der Waals surface area contributed by atoms with E-state index in [1.807, 2.05) is 56.3 Å². The highest BCUT2D eigenvalue weighted by Crippen LogP contribution is 2.36. The van der Waals surface area contributed by atoms with Crippen molar-refractivity contribution in [2.24, 2.45) is 4.99 Å². The molecule has 0 heterocycles. The van der Waals surface area contributed by atoms with Crippen LogP contribution >= 0.6 is 23.2 Å². The number of benzene rings is 1. The van der Waals surface area contributed by atoms with Gasteiger partial charge in [-0.25, -0.2) is 0 Å². The Labute approximate surface area is 147 Å². The predicted molar refractivity (Wildman–Crippen MR) is 96.3 cm³/mol. The van der Waals surface area contributed by atoms with E-state index in [2.05, 4.69) is 4.99 Å². The fourth-order valence-corrected chi connectivity index (χ4v) is 2.83. The highest BCUT2D eigenvalue weighted by molar-refractivity contribution is 6.46. The molecule has 0 bridgehead atoms. The minimum atomic E-state index is -0.813. The molecule has 0 amide bonds. The van der Waals surface area contributed by atoms with Gasteiger partial charge in [0.1, 0.15) is 4.84 Å². The van der Waals surface area contributed by atoms with E-state index in [1.54, 1.807) is 6.21 Å². The number of nitrogens with zero attached hydrogens (tertiary/aromatic N) is 1. The Morgan fingerprint density at radius 1 is 1.17 bits per heavy atom. The van der Waals surface area contributed by atoms with E-state index in [0.717, 1.165) is 16.8 Å². The minimum absolute atomic E-state index is 0.463. The largest absolute Gasteiger partial charge is 0.346 e. The van der Waals surface area contributed by atoms with E-state index in [1.165, 1.54) is 0 Å². The molecule has 0 radical (unpaired) electrons. The number of aliphatic imine (C=N–C) groups is 1. The molecule has 0 spiro atoms. The maximum Gasteiger partial charge on any atom is 0.192 e. The Morgan fingerprint density at radius 3 is 2.39 bits per heavy atom. The van der Waals surface area contributed by atoms with E-state index < -0.39 is 10.6 Å². The molecule has 0 fully saturated rings. The van der Waals surface area contributed by atoms with Crippen LogP contribution in [-0.2, 0) is 9.47 Å². The Bertz CT molecular complexity index is 588. The molecule has 0 atom stereocenters. The van der Waals surface area contributed by atoms with Gasteiger partial charge in [0.05, 0.1) is 5.70 Å². The third-order valence-electron chi connectivity index (χ3n) is 3.45. The standard InChI is InChI=1S/C18H21Cl2NO2/c1-3-22-18(23-4-2)11-10-16(15(12-18)17(19)20)21-13-14-8-6-5-7-9-14/h5-11,13,17H,3-4,12H2,1-2H3. The van der Waals surface area contributed by atoms with Crippen molar-refractivity contribution >= 4 is 29.4 Å². The van der Waals surface area contributed by atoms with Gasteiger partial charge in [-0.05, 0) is 37.1 Å². The second-order valence-electron chi connectivity index (χ2n) is 5.07. The Morgan fingerprint density at radius 2 is 1.83 bits per heavy atom.